The second kappa shape index (κ2) is 6.78. The maximum absolute atomic E-state index is 5.84. The molecule has 0 atom stereocenters. The normalized spacial score (nSPS) is 10.5. The first-order valence-electron chi connectivity index (χ1n) is 5.90. The van der Waals surface area contributed by atoms with Crippen molar-refractivity contribution in [1.29, 1.82) is 0 Å². The molecular formula is C15H14Br2ClN. The maximum atomic E-state index is 5.84. The van der Waals surface area contributed by atoms with Gasteiger partial charge in [0.05, 0.1) is 5.69 Å². The zero-order chi connectivity index (χ0) is 13.8. The van der Waals surface area contributed by atoms with Crippen molar-refractivity contribution in [3.63, 3.8) is 0 Å². The number of anilines is 1. The highest BCUT2D eigenvalue weighted by Crippen LogP contribution is 2.28. The Bertz CT molecular complexity index is 555. The summed E-state index contributed by atoms with van der Waals surface area (Å²) < 4.78 is 2.18. The van der Waals surface area contributed by atoms with Crippen molar-refractivity contribution in [1.82, 2.24) is 0 Å². The molecule has 0 aliphatic carbocycles. The lowest BCUT2D eigenvalue weighted by molar-refractivity contribution is 0.919. The molecule has 1 nitrogen and oxygen atoms in total. The Labute approximate surface area is 135 Å². The number of hydrogen-bond donors (Lipinski definition) is 0. The molecule has 2 aromatic carbocycles. The van der Waals surface area contributed by atoms with Gasteiger partial charge in [-0.15, -0.1) is 11.6 Å². The van der Waals surface area contributed by atoms with E-state index >= 15 is 0 Å². The monoisotopic (exact) mass is 401 g/mol. The van der Waals surface area contributed by atoms with Crippen LogP contribution in [0.1, 0.15) is 11.1 Å². The van der Waals surface area contributed by atoms with Gasteiger partial charge in [-0.3, -0.25) is 0 Å². The molecule has 0 bridgehead atoms. The molecule has 0 saturated carbocycles. The Morgan fingerprint density at radius 1 is 1.00 bits per heavy atom. The van der Waals surface area contributed by atoms with Crippen LogP contribution in [0.4, 0.5) is 5.69 Å². The Kier molecular flexibility index (Phi) is 5.31. The molecule has 0 aliphatic heterocycles. The van der Waals surface area contributed by atoms with Gasteiger partial charge in [0, 0.05) is 28.4 Å². The van der Waals surface area contributed by atoms with Gasteiger partial charge in [-0.1, -0.05) is 34.1 Å². The summed E-state index contributed by atoms with van der Waals surface area (Å²) in [7, 11) is 2.09. The van der Waals surface area contributed by atoms with E-state index in [9.17, 15) is 0 Å². The van der Waals surface area contributed by atoms with Crippen LogP contribution in [0, 0.1) is 0 Å². The van der Waals surface area contributed by atoms with E-state index in [1.807, 2.05) is 0 Å². The van der Waals surface area contributed by atoms with Crippen molar-refractivity contribution in [2.75, 3.05) is 11.9 Å². The number of rotatable bonds is 4. The van der Waals surface area contributed by atoms with Crippen LogP contribution in [-0.2, 0) is 12.4 Å². The van der Waals surface area contributed by atoms with Crippen molar-refractivity contribution < 1.29 is 0 Å². The van der Waals surface area contributed by atoms with Gasteiger partial charge in [0.25, 0.3) is 0 Å². The van der Waals surface area contributed by atoms with Crippen LogP contribution >= 0.6 is 43.5 Å². The van der Waals surface area contributed by atoms with Gasteiger partial charge in [0.2, 0.25) is 0 Å². The summed E-state index contributed by atoms with van der Waals surface area (Å²) in [6.07, 6.45) is 0. The van der Waals surface area contributed by atoms with E-state index in [0.717, 1.165) is 26.7 Å². The summed E-state index contributed by atoms with van der Waals surface area (Å²) in [5, 5.41) is 0. The summed E-state index contributed by atoms with van der Waals surface area (Å²) in [5.41, 5.74) is 3.56. The molecule has 0 aromatic heterocycles. The summed E-state index contributed by atoms with van der Waals surface area (Å²) in [4.78, 5) is 2.21. The highest BCUT2D eigenvalue weighted by molar-refractivity contribution is 9.10. The van der Waals surface area contributed by atoms with Gasteiger partial charge in [-0.05, 0) is 51.3 Å². The Balaban J connectivity index is 2.15. The molecule has 100 valence electrons. The predicted molar refractivity (Wildman–Crippen MR) is 89.9 cm³/mol. The van der Waals surface area contributed by atoms with Crippen molar-refractivity contribution in [2.24, 2.45) is 0 Å². The van der Waals surface area contributed by atoms with Crippen LogP contribution in [-0.4, -0.2) is 7.05 Å². The molecule has 0 spiro atoms. The van der Waals surface area contributed by atoms with Crippen LogP contribution in [0.3, 0.4) is 0 Å². The first kappa shape index (κ1) is 14.9. The van der Waals surface area contributed by atoms with E-state index in [2.05, 4.69) is 86.3 Å². The van der Waals surface area contributed by atoms with Gasteiger partial charge < -0.3 is 4.90 Å². The van der Waals surface area contributed by atoms with Crippen LogP contribution in [0.25, 0.3) is 0 Å². The number of nitrogens with zero attached hydrogens (tertiary/aromatic N) is 1. The molecule has 0 fully saturated rings. The van der Waals surface area contributed by atoms with E-state index in [1.165, 1.54) is 5.56 Å². The summed E-state index contributed by atoms with van der Waals surface area (Å²) in [6, 6.07) is 14.6. The molecule has 19 heavy (non-hydrogen) atoms. The average molecular weight is 404 g/mol. The second-order valence-electron chi connectivity index (χ2n) is 4.40. The molecule has 0 saturated heterocycles. The van der Waals surface area contributed by atoms with Gasteiger partial charge >= 0.3 is 0 Å². The summed E-state index contributed by atoms with van der Waals surface area (Å²) in [6.45, 7) is 0.867. The molecule has 2 rings (SSSR count). The first-order chi connectivity index (χ1) is 9.10. The number of hydrogen-bond acceptors (Lipinski definition) is 1. The third-order valence-corrected chi connectivity index (χ3v) is 4.38. The Morgan fingerprint density at radius 3 is 2.21 bits per heavy atom. The van der Waals surface area contributed by atoms with Crippen LogP contribution in [0.2, 0.25) is 0 Å². The minimum Gasteiger partial charge on any atom is -0.369 e. The van der Waals surface area contributed by atoms with Crippen LogP contribution in [0.15, 0.2) is 51.4 Å². The molecule has 0 unspecified atom stereocenters. The van der Waals surface area contributed by atoms with Crippen LogP contribution in [0.5, 0.6) is 0 Å². The summed E-state index contributed by atoms with van der Waals surface area (Å²) >= 11 is 12.9. The smallest absolute Gasteiger partial charge is 0.0511 e. The number of benzene rings is 2. The zero-order valence-electron chi connectivity index (χ0n) is 10.5. The quantitative estimate of drug-likeness (QED) is 0.602. The van der Waals surface area contributed by atoms with Crippen molar-refractivity contribution in [2.45, 2.75) is 12.4 Å². The van der Waals surface area contributed by atoms with Gasteiger partial charge in [-0.25, -0.2) is 0 Å². The zero-order valence-corrected chi connectivity index (χ0v) is 14.5. The predicted octanol–water partition coefficient (Wildman–Crippen LogP) is 5.59. The van der Waals surface area contributed by atoms with E-state index in [4.69, 9.17) is 11.6 Å². The largest absolute Gasteiger partial charge is 0.369 e. The lowest BCUT2D eigenvalue weighted by Crippen LogP contribution is -2.16. The molecular weight excluding hydrogens is 389 g/mol. The van der Waals surface area contributed by atoms with Crippen molar-refractivity contribution in [3.05, 3.63) is 62.5 Å². The van der Waals surface area contributed by atoms with E-state index < -0.39 is 0 Å². The number of halogens is 3. The SMILES string of the molecule is CN(Cc1ccc(Br)cc1)c1ccc(CCl)cc1Br. The molecule has 0 radical (unpaired) electrons. The van der Waals surface area contributed by atoms with E-state index in [0.29, 0.717) is 5.88 Å². The fourth-order valence-corrected chi connectivity index (χ4v) is 3.05. The lowest BCUT2D eigenvalue weighted by Gasteiger charge is -2.21. The van der Waals surface area contributed by atoms with Gasteiger partial charge in [0.1, 0.15) is 0 Å². The molecule has 2 aromatic rings. The molecule has 0 N–H and O–H groups in total. The van der Waals surface area contributed by atoms with Gasteiger partial charge in [-0.2, -0.15) is 0 Å². The van der Waals surface area contributed by atoms with E-state index in [1.54, 1.807) is 0 Å². The van der Waals surface area contributed by atoms with Gasteiger partial charge in [0.15, 0.2) is 0 Å². The lowest BCUT2D eigenvalue weighted by atomic mass is 10.2. The fraction of sp³-hybridized carbons (Fsp3) is 0.200. The third-order valence-electron chi connectivity index (χ3n) is 2.91. The molecule has 0 amide bonds. The standard InChI is InChI=1S/C15H14Br2ClN/c1-19(10-11-2-5-13(16)6-3-11)15-7-4-12(9-18)8-14(15)17/h2-8H,9-10H2,1H3. The first-order valence-corrected chi connectivity index (χ1v) is 8.02. The van der Waals surface area contributed by atoms with E-state index in [-0.39, 0.29) is 0 Å². The molecule has 0 heterocycles. The summed E-state index contributed by atoms with van der Waals surface area (Å²) in [5.74, 6) is 0.537. The second-order valence-corrected chi connectivity index (χ2v) is 6.44. The molecule has 4 heteroatoms. The van der Waals surface area contributed by atoms with Crippen molar-refractivity contribution >= 4 is 49.1 Å². The average Bonchev–Trinajstić information content (AvgIpc) is 2.41. The minimum atomic E-state index is 0.537. The molecule has 0 aliphatic rings. The fourth-order valence-electron chi connectivity index (χ4n) is 1.89. The third kappa shape index (κ3) is 3.98. The van der Waals surface area contributed by atoms with Crippen molar-refractivity contribution in [3.8, 4) is 0 Å². The topological polar surface area (TPSA) is 3.24 Å². The number of alkyl halides is 1. The Hall–Kier alpha value is -0.510. The highest BCUT2D eigenvalue weighted by atomic mass is 79.9. The maximum Gasteiger partial charge on any atom is 0.0511 e. The minimum absolute atomic E-state index is 0.537. The highest BCUT2D eigenvalue weighted by Gasteiger charge is 2.07. The van der Waals surface area contributed by atoms with Crippen LogP contribution < -0.4 is 4.90 Å². The Morgan fingerprint density at radius 2 is 1.63 bits per heavy atom.